The Bertz CT molecular complexity index is 223. The number of hydrogen-bond donors (Lipinski definition) is 0. The lowest BCUT2D eigenvalue weighted by Crippen LogP contribution is -2.31. The Morgan fingerprint density at radius 2 is 2.15 bits per heavy atom. The molecule has 2 nitrogen and oxygen atoms in total. The number of nitrogens with zero attached hydrogens (tertiary/aromatic N) is 1. The van der Waals surface area contributed by atoms with E-state index >= 15 is 0 Å². The fraction of sp³-hybridized carbons (Fsp3) is 0.909. The van der Waals surface area contributed by atoms with Crippen LogP contribution in [0.1, 0.15) is 47.0 Å². The Labute approximate surface area is 80.9 Å². The molecule has 13 heavy (non-hydrogen) atoms. The fourth-order valence-corrected chi connectivity index (χ4v) is 1.80. The molecule has 1 rings (SSSR count). The molecule has 0 radical (unpaired) electrons. The van der Waals surface area contributed by atoms with Gasteiger partial charge in [0.05, 0.1) is 24.2 Å². The van der Waals surface area contributed by atoms with E-state index in [-0.39, 0.29) is 11.0 Å². The maximum absolute atomic E-state index is 8.65. The predicted octanol–water partition coefficient (Wildman–Crippen LogP) is 2.88. The lowest BCUT2D eigenvalue weighted by atomic mass is 9.87. The van der Waals surface area contributed by atoms with Gasteiger partial charge < -0.3 is 4.74 Å². The van der Waals surface area contributed by atoms with Crippen molar-refractivity contribution in [1.29, 1.82) is 5.26 Å². The zero-order chi connectivity index (χ0) is 10.1. The Balaban J connectivity index is 2.59. The highest BCUT2D eigenvalue weighted by molar-refractivity contribution is 4.95. The molecule has 1 saturated heterocycles. The van der Waals surface area contributed by atoms with E-state index in [1.807, 2.05) is 6.92 Å². The molecule has 1 aliphatic rings. The number of nitriles is 1. The van der Waals surface area contributed by atoms with E-state index in [2.05, 4.69) is 26.8 Å². The summed E-state index contributed by atoms with van der Waals surface area (Å²) < 4.78 is 5.93. The Morgan fingerprint density at radius 3 is 2.54 bits per heavy atom. The minimum atomic E-state index is -0.188. The van der Waals surface area contributed by atoms with Crippen molar-refractivity contribution >= 4 is 0 Å². The van der Waals surface area contributed by atoms with Gasteiger partial charge in [-0.3, -0.25) is 0 Å². The molecule has 0 N–H and O–H groups in total. The molecule has 0 aromatic rings. The van der Waals surface area contributed by atoms with Crippen LogP contribution in [0.2, 0.25) is 0 Å². The second-order valence-corrected chi connectivity index (χ2v) is 5.30. The molecule has 2 heteroatoms. The van der Waals surface area contributed by atoms with E-state index in [1.165, 1.54) is 0 Å². The van der Waals surface area contributed by atoms with Gasteiger partial charge in [-0.2, -0.15) is 5.26 Å². The second-order valence-electron chi connectivity index (χ2n) is 5.30. The molecule has 1 aliphatic heterocycles. The van der Waals surface area contributed by atoms with Crippen molar-refractivity contribution in [3.63, 3.8) is 0 Å². The Hall–Kier alpha value is -0.550. The molecule has 0 aromatic carbocycles. The highest BCUT2D eigenvalue weighted by Gasteiger charge is 2.40. The second kappa shape index (κ2) is 3.31. The van der Waals surface area contributed by atoms with Crippen LogP contribution in [-0.4, -0.2) is 11.7 Å². The van der Waals surface area contributed by atoms with Gasteiger partial charge in [0.15, 0.2) is 0 Å². The summed E-state index contributed by atoms with van der Waals surface area (Å²) in [7, 11) is 0. The molecule has 0 bridgehead atoms. The van der Waals surface area contributed by atoms with E-state index in [1.54, 1.807) is 0 Å². The van der Waals surface area contributed by atoms with Crippen LogP contribution in [0.3, 0.4) is 0 Å². The molecular weight excluding hydrogens is 162 g/mol. The molecule has 1 fully saturated rings. The van der Waals surface area contributed by atoms with Crippen molar-refractivity contribution in [2.75, 3.05) is 0 Å². The standard InChI is InChI=1S/C11H19NO/c1-10(2,3)9-5-6-11(4,13-9)7-8-12/h9H,5-7H2,1-4H3. The highest BCUT2D eigenvalue weighted by Crippen LogP contribution is 2.40. The normalized spacial score (nSPS) is 34.5. The van der Waals surface area contributed by atoms with Crippen molar-refractivity contribution in [3.05, 3.63) is 0 Å². The first-order valence-electron chi connectivity index (χ1n) is 4.92. The van der Waals surface area contributed by atoms with Gasteiger partial charge in [-0.05, 0) is 25.2 Å². The van der Waals surface area contributed by atoms with Crippen LogP contribution in [0.25, 0.3) is 0 Å². The minimum absolute atomic E-state index is 0.188. The SMILES string of the molecule is CC1(CC#N)CCC(C(C)(C)C)O1. The molecule has 2 unspecified atom stereocenters. The van der Waals surface area contributed by atoms with Crippen molar-refractivity contribution in [1.82, 2.24) is 0 Å². The van der Waals surface area contributed by atoms with Gasteiger partial charge in [0.1, 0.15) is 0 Å². The van der Waals surface area contributed by atoms with Crippen LogP contribution >= 0.6 is 0 Å². The molecule has 1 heterocycles. The topological polar surface area (TPSA) is 33.0 Å². The Morgan fingerprint density at radius 1 is 1.54 bits per heavy atom. The monoisotopic (exact) mass is 181 g/mol. The van der Waals surface area contributed by atoms with Gasteiger partial charge in [-0.25, -0.2) is 0 Å². The zero-order valence-electron chi connectivity index (χ0n) is 9.05. The van der Waals surface area contributed by atoms with Gasteiger partial charge in [0.25, 0.3) is 0 Å². The summed E-state index contributed by atoms with van der Waals surface area (Å²) in [6.07, 6.45) is 2.93. The quantitative estimate of drug-likeness (QED) is 0.623. The summed E-state index contributed by atoms with van der Waals surface area (Å²) in [6, 6.07) is 2.20. The maximum atomic E-state index is 8.65. The third kappa shape index (κ3) is 2.45. The van der Waals surface area contributed by atoms with Crippen molar-refractivity contribution in [2.24, 2.45) is 5.41 Å². The lowest BCUT2D eigenvalue weighted by molar-refractivity contribution is -0.0678. The van der Waals surface area contributed by atoms with E-state index in [0.29, 0.717) is 12.5 Å². The molecule has 0 aromatic heterocycles. The molecule has 0 aliphatic carbocycles. The van der Waals surface area contributed by atoms with Crippen LogP contribution < -0.4 is 0 Å². The predicted molar refractivity (Wildman–Crippen MR) is 52.2 cm³/mol. The number of ether oxygens (including phenoxy) is 1. The molecule has 0 spiro atoms. The summed E-state index contributed by atoms with van der Waals surface area (Å²) in [6.45, 7) is 8.61. The first kappa shape index (κ1) is 10.5. The molecule has 0 saturated carbocycles. The largest absolute Gasteiger partial charge is 0.370 e. The third-order valence-electron chi connectivity index (χ3n) is 2.78. The van der Waals surface area contributed by atoms with Crippen molar-refractivity contribution in [3.8, 4) is 6.07 Å². The van der Waals surface area contributed by atoms with E-state index in [4.69, 9.17) is 10.00 Å². The average Bonchev–Trinajstić information content (AvgIpc) is 2.31. The molecule has 2 atom stereocenters. The van der Waals surface area contributed by atoms with Crippen LogP contribution in [-0.2, 0) is 4.74 Å². The van der Waals surface area contributed by atoms with Gasteiger partial charge in [0, 0.05) is 0 Å². The van der Waals surface area contributed by atoms with Gasteiger partial charge >= 0.3 is 0 Å². The van der Waals surface area contributed by atoms with E-state index < -0.39 is 0 Å². The first-order chi connectivity index (χ1) is 5.87. The molecule has 74 valence electrons. The minimum Gasteiger partial charge on any atom is -0.370 e. The van der Waals surface area contributed by atoms with Crippen LogP contribution in [0.15, 0.2) is 0 Å². The summed E-state index contributed by atoms with van der Waals surface area (Å²) >= 11 is 0. The number of rotatable bonds is 1. The van der Waals surface area contributed by atoms with Crippen molar-refractivity contribution in [2.45, 2.75) is 58.7 Å². The smallest absolute Gasteiger partial charge is 0.0788 e. The zero-order valence-corrected chi connectivity index (χ0v) is 9.05. The first-order valence-corrected chi connectivity index (χ1v) is 4.92. The summed E-state index contributed by atoms with van der Waals surface area (Å²) in [4.78, 5) is 0. The van der Waals surface area contributed by atoms with Crippen LogP contribution in [0.4, 0.5) is 0 Å². The summed E-state index contributed by atoms with van der Waals surface area (Å²) in [5.74, 6) is 0. The molecule has 0 amide bonds. The van der Waals surface area contributed by atoms with Crippen molar-refractivity contribution < 1.29 is 4.74 Å². The van der Waals surface area contributed by atoms with Crippen LogP contribution in [0, 0.1) is 16.7 Å². The average molecular weight is 181 g/mol. The number of hydrogen-bond acceptors (Lipinski definition) is 2. The van der Waals surface area contributed by atoms with Gasteiger partial charge in [0.2, 0.25) is 0 Å². The van der Waals surface area contributed by atoms with Gasteiger partial charge in [-0.15, -0.1) is 0 Å². The lowest BCUT2D eigenvalue weighted by Gasteiger charge is -2.29. The van der Waals surface area contributed by atoms with Crippen LogP contribution in [0.5, 0.6) is 0 Å². The fourth-order valence-electron chi connectivity index (χ4n) is 1.80. The summed E-state index contributed by atoms with van der Waals surface area (Å²) in [5.41, 5.74) is 0.0138. The third-order valence-corrected chi connectivity index (χ3v) is 2.78. The van der Waals surface area contributed by atoms with E-state index in [0.717, 1.165) is 12.8 Å². The van der Waals surface area contributed by atoms with Gasteiger partial charge in [-0.1, -0.05) is 20.8 Å². The van der Waals surface area contributed by atoms with E-state index in [9.17, 15) is 0 Å². The maximum Gasteiger partial charge on any atom is 0.0788 e. The molecular formula is C11H19NO. The highest BCUT2D eigenvalue weighted by atomic mass is 16.5. The summed E-state index contributed by atoms with van der Waals surface area (Å²) in [5, 5.41) is 8.65. The Kier molecular flexibility index (Phi) is 2.68.